The Bertz CT molecular complexity index is 341. The van der Waals surface area contributed by atoms with Gasteiger partial charge in [-0.3, -0.25) is 9.59 Å². The van der Waals surface area contributed by atoms with Gasteiger partial charge in [-0.05, 0) is 19.3 Å². The number of primary amides is 1. The van der Waals surface area contributed by atoms with Crippen LogP contribution in [0.1, 0.15) is 64.7 Å². The molecule has 0 saturated carbocycles. The van der Waals surface area contributed by atoms with Gasteiger partial charge in [-0.25, -0.2) is 0 Å². The normalized spacial score (nSPS) is 14.2. The van der Waals surface area contributed by atoms with Crippen molar-refractivity contribution in [2.75, 3.05) is 6.61 Å². The fourth-order valence-corrected chi connectivity index (χ4v) is 2.34. The molecule has 0 aliphatic heterocycles. The first-order valence-corrected chi connectivity index (χ1v) is 7.78. The van der Waals surface area contributed by atoms with Crippen LogP contribution in [0.15, 0.2) is 12.2 Å². The predicted molar refractivity (Wildman–Crippen MR) is 82.7 cm³/mol. The summed E-state index contributed by atoms with van der Waals surface area (Å²) in [5, 5.41) is 18.0. The zero-order valence-corrected chi connectivity index (χ0v) is 13.0. The second kappa shape index (κ2) is 11.3. The first-order valence-electron chi connectivity index (χ1n) is 7.78. The Hall–Kier alpha value is -1.36. The van der Waals surface area contributed by atoms with E-state index in [1.54, 1.807) is 6.08 Å². The maximum Gasteiger partial charge on any atom is 0.304 e. The highest BCUT2D eigenvalue weighted by Gasteiger charge is 2.35. The number of nitrogens with two attached hydrogens (primary N) is 1. The van der Waals surface area contributed by atoms with Crippen LogP contribution in [-0.4, -0.2) is 28.7 Å². The first-order chi connectivity index (χ1) is 9.98. The number of aliphatic hydroxyl groups is 1. The Morgan fingerprint density at radius 2 is 1.76 bits per heavy atom. The van der Waals surface area contributed by atoms with Gasteiger partial charge in [0, 0.05) is 6.61 Å². The molecule has 0 rings (SSSR count). The SMILES string of the molecule is CCCCCCCCC=CC(CCO)(CC(=O)O)C(N)=O. The molecule has 0 saturated heterocycles. The summed E-state index contributed by atoms with van der Waals surface area (Å²) >= 11 is 0. The van der Waals surface area contributed by atoms with Crippen LogP contribution in [0.25, 0.3) is 0 Å². The second-order valence-electron chi connectivity index (χ2n) is 5.52. The minimum absolute atomic E-state index is 0.0433. The maximum atomic E-state index is 11.6. The number of carbonyl (C=O) groups is 2. The summed E-state index contributed by atoms with van der Waals surface area (Å²) in [5.74, 6) is -1.79. The number of carboxylic acids is 1. The lowest BCUT2D eigenvalue weighted by atomic mass is 9.80. The maximum absolute atomic E-state index is 11.6. The third-order valence-electron chi connectivity index (χ3n) is 3.68. The number of hydrogen-bond donors (Lipinski definition) is 3. The Kier molecular flexibility index (Phi) is 10.6. The highest BCUT2D eigenvalue weighted by atomic mass is 16.4. The summed E-state index contributed by atoms with van der Waals surface area (Å²) in [6.45, 7) is 1.91. The number of rotatable bonds is 13. The largest absolute Gasteiger partial charge is 0.481 e. The number of allylic oxidation sites excluding steroid dienone is 1. The topological polar surface area (TPSA) is 101 Å². The van der Waals surface area contributed by atoms with E-state index >= 15 is 0 Å². The van der Waals surface area contributed by atoms with Crippen molar-refractivity contribution in [2.24, 2.45) is 11.1 Å². The van der Waals surface area contributed by atoms with Gasteiger partial charge in [0.25, 0.3) is 0 Å². The molecule has 0 bridgehead atoms. The van der Waals surface area contributed by atoms with Crippen LogP contribution in [0.3, 0.4) is 0 Å². The van der Waals surface area contributed by atoms with Crippen LogP contribution in [0.2, 0.25) is 0 Å². The van der Waals surface area contributed by atoms with E-state index in [2.05, 4.69) is 6.92 Å². The minimum atomic E-state index is -1.28. The molecule has 0 aromatic rings. The molecule has 1 atom stereocenters. The summed E-state index contributed by atoms with van der Waals surface area (Å²) < 4.78 is 0. The summed E-state index contributed by atoms with van der Waals surface area (Å²) in [6, 6.07) is 0. The van der Waals surface area contributed by atoms with Crippen molar-refractivity contribution in [3.63, 3.8) is 0 Å². The Labute approximate surface area is 127 Å². The van der Waals surface area contributed by atoms with E-state index in [1.165, 1.54) is 25.7 Å². The van der Waals surface area contributed by atoms with E-state index in [1.807, 2.05) is 6.08 Å². The van der Waals surface area contributed by atoms with Crippen LogP contribution in [0.4, 0.5) is 0 Å². The van der Waals surface area contributed by atoms with Crippen molar-refractivity contribution in [2.45, 2.75) is 64.7 Å². The molecule has 0 radical (unpaired) electrons. The van der Waals surface area contributed by atoms with Gasteiger partial charge in [-0.2, -0.15) is 0 Å². The lowest BCUT2D eigenvalue weighted by molar-refractivity contribution is -0.143. The van der Waals surface area contributed by atoms with Gasteiger partial charge in [0.1, 0.15) is 0 Å². The third kappa shape index (κ3) is 8.50. The molecule has 0 aromatic carbocycles. The fourth-order valence-electron chi connectivity index (χ4n) is 2.34. The van der Waals surface area contributed by atoms with Gasteiger partial charge in [-0.15, -0.1) is 0 Å². The highest BCUT2D eigenvalue weighted by molar-refractivity contribution is 5.87. The number of amides is 1. The van der Waals surface area contributed by atoms with Crippen LogP contribution < -0.4 is 5.73 Å². The molecule has 0 heterocycles. The number of carbonyl (C=O) groups excluding carboxylic acids is 1. The highest BCUT2D eigenvalue weighted by Crippen LogP contribution is 2.28. The van der Waals surface area contributed by atoms with Gasteiger partial charge in [0.05, 0.1) is 11.8 Å². The monoisotopic (exact) mass is 299 g/mol. The van der Waals surface area contributed by atoms with Crippen LogP contribution >= 0.6 is 0 Å². The quantitative estimate of drug-likeness (QED) is 0.359. The van der Waals surface area contributed by atoms with Gasteiger partial charge in [0.2, 0.25) is 5.91 Å². The zero-order chi connectivity index (χ0) is 16.1. The molecule has 0 spiro atoms. The minimum Gasteiger partial charge on any atom is -0.481 e. The van der Waals surface area contributed by atoms with E-state index in [-0.39, 0.29) is 19.4 Å². The zero-order valence-electron chi connectivity index (χ0n) is 13.0. The number of unbranched alkanes of at least 4 members (excludes halogenated alkanes) is 6. The average Bonchev–Trinajstić information content (AvgIpc) is 2.41. The molecule has 4 N–H and O–H groups in total. The Morgan fingerprint density at radius 1 is 1.14 bits per heavy atom. The van der Waals surface area contributed by atoms with E-state index in [4.69, 9.17) is 15.9 Å². The van der Waals surface area contributed by atoms with Gasteiger partial charge >= 0.3 is 5.97 Å². The molecule has 1 amide bonds. The number of aliphatic hydroxyl groups excluding tert-OH is 1. The van der Waals surface area contributed by atoms with Gasteiger partial charge in [-0.1, -0.05) is 51.2 Å². The van der Waals surface area contributed by atoms with Crippen LogP contribution in [-0.2, 0) is 9.59 Å². The van der Waals surface area contributed by atoms with Crippen molar-refractivity contribution >= 4 is 11.9 Å². The standard InChI is InChI=1S/C16H29NO4/c1-2-3-4-5-6-7-8-9-10-16(11-12-18,15(17)21)13-14(19)20/h9-10,18H,2-8,11-13H2,1H3,(H2,17,21)(H,19,20). The van der Waals surface area contributed by atoms with Crippen LogP contribution in [0, 0.1) is 5.41 Å². The number of hydrogen-bond acceptors (Lipinski definition) is 3. The van der Waals surface area contributed by atoms with Crippen molar-refractivity contribution < 1.29 is 19.8 Å². The summed E-state index contributed by atoms with van der Waals surface area (Å²) in [5.41, 5.74) is 4.06. The van der Waals surface area contributed by atoms with E-state index in [9.17, 15) is 9.59 Å². The van der Waals surface area contributed by atoms with Crippen molar-refractivity contribution in [1.82, 2.24) is 0 Å². The first kappa shape index (κ1) is 19.6. The molecular formula is C16H29NO4. The lowest BCUT2D eigenvalue weighted by Gasteiger charge is -2.24. The predicted octanol–water partition coefficient (Wildman–Crippen LogP) is 2.62. The summed E-state index contributed by atoms with van der Waals surface area (Å²) in [7, 11) is 0. The van der Waals surface area contributed by atoms with Gasteiger partial charge < -0.3 is 15.9 Å². The van der Waals surface area contributed by atoms with E-state index in [0.29, 0.717) is 0 Å². The van der Waals surface area contributed by atoms with Crippen LogP contribution in [0.5, 0.6) is 0 Å². The Balaban J connectivity index is 4.35. The molecule has 1 unspecified atom stereocenters. The molecule has 0 aliphatic rings. The molecule has 21 heavy (non-hydrogen) atoms. The molecule has 0 aromatic heterocycles. The van der Waals surface area contributed by atoms with Crippen molar-refractivity contribution in [3.8, 4) is 0 Å². The van der Waals surface area contributed by atoms with E-state index in [0.717, 1.165) is 19.3 Å². The molecular weight excluding hydrogens is 270 g/mol. The number of aliphatic carboxylic acids is 1. The summed E-state index contributed by atoms with van der Waals surface area (Å²) in [4.78, 5) is 22.5. The van der Waals surface area contributed by atoms with Crippen molar-refractivity contribution in [3.05, 3.63) is 12.2 Å². The summed E-state index contributed by atoms with van der Waals surface area (Å²) in [6.07, 6.45) is 10.9. The third-order valence-corrected chi connectivity index (χ3v) is 3.68. The molecule has 5 heteroatoms. The fraction of sp³-hybridized carbons (Fsp3) is 0.750. The van der Waals surface area contributed by atoms with Crippen molar-refractivity contribution in [1.29, 1.82) is 0 Å². The number of carboxylic acid groups (broad SMARTS) is 1. The average molecular weight is 299 g/mol. The smallest absolute Gasteiger partial charge is 0.304 e. The second-order valence-corrected chi connectivity index (χ2v) is 5.52. The van der Waals surface area contributed by atoms with E-state index < -0.39 is 17.3 Å². The molecule has 0 fully saturated rings. The lowest BCUT2D eigenvalue weighted by Crippen LogP contribution is -2.38. The molecule has 0 aliphatic carbocycles. The Morgan fingerprint density at radius 3 is 2.29 bits per heavy atom. The molecule has 5 nitrogen and oxygen atoms in total. The molecule has 122 valence electrons. The van der Waals surface area contributed by atoms with Gasteiger partial charge in [0.15, 0.2) is 0 Å².